The predicted molar refractivity (Wildman–Crippen MR) is 139 cm³/mol. The second kappa shape index (κ2) is 10.7. The Morgan fingerprint density at radius 3 is 2.36 bits per heavy atom. The van der Waals surface area contributed by atoms with E-state index in [-0.39, 0.29) is 23.8 Å². The molecule has 2 amide bonds. The zero-order valence-corrected chi connectivity index (χ0v) is 22.3. The van der Waals surface area contributed by atoms with Crippen LogP contribution in [-0.4, -0.2) is 74.2 Å². The third-order valence-corrected chi connectivity index (χ3v) is 8.08. The zero-order chi connectivity index (χ0) is 26.0. The minimum absolute atomic E-state index is 0.0178. The van der Waals surface area contributed by atoms with Crippen LogP contribution in [0.15, 0.2) is 30.3 Å². The number of aryl methyl sites for hydroxylation is 2. The minimum atomic E-state index is -0.905. The Hall–Kier alpha value is -2.71. The minimum Gasteiger partial charge on any atom is -0.390 e. The van der Waals surface area contributed by atoms with Crippen molar-refractivity contribution in [2.75, 3.05) is 19.6 Å². The number of unbranched alkanes of at least 4 members (excludes halogenated alkanes) is 1. The number of likely N-dealkylation sites (tertiary alicyclic amines) is 1. The number of benzene rings is 1. The topological polar surface area (TPSA) is 102 Å². The highest BCUT2D eigenvalue weighted by Crippen LogP contribution is 2.39. The number of rotatable bonds is 8. The molecule has 1 spiro atoms. The lowest BCUT2D eigenvalue weighted by Gasteiger charge is -2.53. The van der Waals surface area contributed by atoms with Crippen molar-refractivity contribution in [1.82, 2.24) is 25.3 Å². The number of nitrogens with zero attached hydrogens (tertiary/aromatic N) is 3. The fraction of sp³-hybridized carbons (Fsp3) is 0.607. The number of piperazine rings is 1. The van der Waals surface area contributed by atoms with Crippen LogP contribution in [-0.2, 0) is 9.59 Å². The summed E-state index contributed by atoms with van der Waals surface area (Å²) in [4.78, 5) is 31.5. The van der Waals surface area contributed by atoms with Crippen molar-refractivity contribution in [2.24, 2.45) is 5.92 Å². The average Bonchev–Trinajstić information content (AvgIpc) is 3.20. The second-order valence-electron chi connectivity index (χ2n) is 10.8. The largest absolute Gasteiger partial charge is 0.390 e. The van der Waals surface area contributed by atoms with Gasteiger partial charge in [-0.2, -0.15) is 5.10 Å². The first-order valence-electron chi connectivity index (χ1n) is 13.3. The Morgan fingerprint density at radius 2 is 1.81 bits per heavy atom. The smallest absolute Gasteiger partial charge is 0.248 e. The number of aliphatic hydroxyl groups is 1. The standard InChI is InChI=1S/C28H41N5O3/c1-6-7-15-33-26(35)23(25(34)18(2)3)29-27(36)28(33)13-16-32(17-14-28)24(21-11-9-8-10-12-21)22-19(4)30-31-20(22)5/h8-12,18,23-25,34H,6-7,13-17H2,1-5H3,(H,29,36)(H,30,31)/t23-,24?,25+/m0/s1. The maximum absolute atomic E-state index is 13.7. The van der Waals surface area contributed by atoms with Crippen molar-refractivity contribution in [2.45, 2.75) is 84.0 Å². The molecular formula is C28H41N5O3. The van der Waals surface area contributed by atoms with Crippen molar-refractivity contribution in [1.29, 1.82) is 0 Å². The number of aromatic amines is 1. The first kappa shape index (κ1) is 26.4. The van der Waals surface area contributed by atoms with Crippen LogP contribution in [0.5, 0.6) is 0 Å². The molecule has 36 heavy (non-hydrogen) atoms. The van der Waals surface area contributed by atoms with Gasteiger partial charge in [-0.1, -0.05) is 57.5 Å². The Kier molecular flexibility index (Phi) is 7.85. The highest BCUT2D eigenvalue weighted by molar-refractivity contribution is 6.00. The van der Waals surface area contributed by atoms with E-state index in [1.807, 2.05) is 26.8 Å². The molecule has 0 radical (unpaired) electrons. The lowest BCUT2D eigenvalue weighted by molar-refractivity contribution is -0.165. The van der Waals surface area contributed by atoms with Crippen LogP contribution in [0, 0.1) is 19.8 Å². The van der Waals surface area contributed by atoms with Crippen LogP contribution in [0.2, 0.25) is 0 Å². The van der Waals surface area contributed by atoms with Crippen molar-refractivity contribution < 1.29 is 14.7 Å². The molecular weight excluding hydrogens is 454 g/mol. The first-order chi connectivity index (χ1) is 17.2. The molecule has 3 N–H and O–H groups in total. The summed E-state index contributed by atoms with van der Waals surface area (Å²) in [5, 5.41) is 21.2. The quantitative estimate of drug-likeness (QED) is 0.522. The summed E-state index contributed by atoms with van der Waals surface area (Å²) in [6.07, 6.45) is 1.96. The SMILES string of the molecule is CCCCN1C(=O)[C@H]([C@H](O)C(C)C)NC(=O)C12CCN(C(c1ccccc1)c1c(C)n[nH]c1C)CC2. The molecule has 2 aromatic rings. The van der Waals surface area contributed by atoms with Crippen molar-refractivity contribution in [3.63, 3.8) is 0 Å². The monoisotopic (exact) mass is 495 g/mol. The molecule has 4 rings (SSSR count). The van der Waals surface area contributed by atoms with Gasteiger partial charge >= 0.3 is 0 Å². The molecule has 1 unspecified atom stereocenters. The van der Waals surface area contributed by atoms with Crippen LogP contribution in [0.25, 0.3) is 0 Å². The molecule has 2 aliphatic rings. The van der Waals surface area contributed by atoms with Crippen LogP contribution in [0.3, 0.4) is 0 Å². The van der Waals surface area contributed by atoms with Gasteiger partial charge in [0, 0.05) is 30.9 Å². The molecule has 196 valence electrons. The number of hydrogen-bond donors (Lipinski definition) is 3. The fourth-order valence-corrected chi connectivity index (χ4v) is 5.90. The van der Waals surface area contributed by atoms with Gasteiger partial charge in [-0.05, 0) is 44.6 Å². The molecule has 0 aliphatic carbocycles. The number of carbonyl (C=O) groups is 2. The van der Waals surface area contributed by atoms with E-state index in [4.69, 9.17) is 0 Å². The van der Waals surface area contributed by atoms with Crippen molar-refractivity contribution >= 4 is 11.8 Å². The molecule has 3 atom stereocenters. The molecule has 2 aliphatic heterocycles. The Labute approximate surface area is 214 Å². The summed E-state index contributed by atoms with van der Waals surface area (Å²) in [5.74, 6) is -0.412. The van der Waals surface area contributed by atoms with Crippen molar-refractivity contribution in [3.8, 4) is 0 Å². The van der Waals surface area contributed by atoms with E-state index >= 15 is 0 Å². The lowest BCUT2D eigenvalue weighted by Crippen LogP contribution is -2.75. The van der Waals surface area contributed by atoms with E-state index in [2.05, 4.69) is 58.5 Å². The van der Waals surface area contributed by atoms with Crippen LogP contribution in [0.1, 0.15) is 75.0 Å². The molecule has 2 saturated heterocycles. The molecule has 8 nitrogen and oxygen atoms in total. The Bertz CT molecular complexity index is 1040. The summed E-state index contributed by atoms with van der Waals surface area (Å²) in [5.41, 5.74) is 3.50. The normalized spacial score (nSPS) is 22.2. The number of H-pyrrole nitrogens is 1. The number of carbonyl (C=O) groups excluding carboxylic acids is 2. The predicted octanol–water partition coefficient (Wildman–Crippen LogP) is 3.09. The molecule has 0 bridgehead atoms. The zero-order valence-electron chi connectivity index (χ0n) is 22.3. The van der Waals surface area contributed by atoms with E-state index in [0.29, 0.717) is 32.5 Å². The highest BCUT2D eigenvalue weighted by Gasteiger charge is 2.55. The number of piperidine rings is 1. The molecule has 0 saturated carbocycles. The Morgan fingerprint density at radius 1 is 1.14 bits per heavy atom. The van der Waals surface area contributed by atoms with Gasteiger partial charge in [-0.15, -0.1) is 0 Å². The molecule has 3 heterocycles. The number of amides is 2. The van der Waals surface area contributed by atoms with Crippen molar-refractivity contribution in [3.05, 3.63) is 52.8 Å². The fourth-order valence-electron chi connectivity index (χ4n) is 5.90. The molecule has 1 aromatic carbocycles. The average molecular weight is 496 g/mol. The van der Waals surface area contributed by atoms with Gasteiger partial charge in [0.1, 0.15) is 11.6 Å². The molecule has 2 fully saturated rings. The Balaban J connectivity index is 1.63. The van der Waals surface area contributed by atoms with Gasteiger partial charge in [0.25, 0.3) is 0 Å². The van der Waals surface area contributed by atoms with Gasteiger partial charge in [-0.25, -0.2) is 0 Å². The van der Waals surface area contributed by atoms with Gasteiger partial charge in [0.05, 0.1) is 17.8 Å². The molecule has 1 aromatic heterocycles. The molecule has 8 heteroatoms. The maximum atomic E-state index is 13.7. The van der Waals surface area contributed by atoms with Crippen LogP contribution in [0.4, 0.5) is 0 Å². The highest BCUT2D eigenvalue weighted by atomic mass is 16.3. The van der Waals surface area contributed by atoms with E-state index in [1.54, 1.807) is 4.90 Å². The van der Waals surface area contributed by atoms with E-state index < -0.39 is 17.7 Å². The number of aliphatic hydroxyl groups excluding tert-OH is 1. The lowest BCUT2D eigenvalue weighted by atomic mass is 9.79. The summed E-state index contributed by atoms with van der Waals surface area (Å²) in [7, 11) is 0. The first-order valence-corrected chi connectivity index (χ1v) is 13.3. The maximum Gasteiger partial charge on any atom is 0.248 e. The number of nitrogens with one attached hydrogen (secondary N) is 2. The van der Waals surface area contributed by atoms with Crippen LogP contribution < -0.4 is 5.32 Å². The van der Waals surface area contributed by atoms with Crippen LogP contribution >= 0.6 is 0 Å². The van der Waals surface area contributed by atoms with E-state index in [0.717, 1.165) is 24.2 Å². The van der Waals surface area contributed by atoms with Gasteiger partial charge in [-0.3, -0.25) is 19.6 Å². The number of aromatic nitrogens is 2. The second-order valence-corrected chi connectivity index (χ2v) is 10.8. The van der Waals surface area contributed by atoms with Gasteiger partial charge in [0.2, 0.25) is 11.8 Å². The van der Waals surface area contributed by atoms with E-state index in [1.165, 1.54) is 11.1 Å². The van der Waals surface area contributed by atoms with Gasteiger partial charge < -0.3 is 15.3 Å². The summed E-state index contributed by atoms with van der Waals surface area (Å²) in [6.45, 7) is 11.8. The van der Waals surface area contributed by atoms with Gasteiger partial charge in [0.15, 0.2) is 0 Å². The third-order valence-electron chi connectivity index (χ3n) is 8.08. The summed E-state index contributed by atoms with van der Waals surface area (Å²) < 4.78 is 0. The summed E-state index contributed by atoms with van der Waals surface area (Å²) >= 11 is 0. The third kappa shape index (κ3) is 4.68. The number of hydrogen-bond acceptors (Lipinski definition) is 5. The van der Waals surface area contributed by atoms with E-state index in [9.17, 15) is 14.7 Å². The summed E-state index contributed by atoms with van der Waals surface area (Å²) in [6, 6.07) is 9.55.